The van der Waals surface area contributed by atoms with E-state index in [1.807, 2.05) is 37.3 Å². The standard InChI is InChI=1S/C21H19N3O3S/c1-13(27-18-8-4-15(12-22)5-9-18)20(25)24-21-23-19(14(2)28-21)16-6-10-17(26-3)11-7-16/h4-11,13H,1-3H3,(H,23,24,25). The number of nitriles is 1. The van der Waals surface area contributed by atoms with Crippen LogP contribution < -0.4 is 14.8 Å². The molecule has 0 saturated carbocycles. The summed E-state index contributed by atoms with van der Waals surface area (Å²) in [6.45, 7) is 3.63. The molecular weight excluding hydrogens is 374 g/mol. The van der Waals surface area contributed by atoms with Gasteiger partial charge in [-0.3, -0.25) is 10.1 Å². The summed E-state index contributed by atoms with van der Waals surface area (Å²) >= 11 is 1.41. The molecular formula is C21H19N3O3S. The minimum absolute atomic E-state index is 0.292. The van der Waals surface area contributed by atoms with Gasteiger partial charge >= 0.3 is 0 Å². The second kappa shape index (κ2) is 8.55. The number of hydrogen-bond donors (Lipinski definition) is 1. The lowest BCUT2D eigenvalue weighted by Crippen LogP contribution is -2.30. The molecule has 0 fully saturated rings. The van der Waals surface area contributed by atoms with E-state index in [1.54, 1.807) is 38.3 Å². The van der Waals surface area contributed by atoms with Crippen LogP contribution in [-0.2, 0) is 4.79 Å². The number of methoxy groups -OCH3 is 1. The number of hydrogen-bond acceptors (Lipinski definition) is 6. The van der Waals surface area contributed by atoms with Gasteiger partial charge in [0.05, 0.1) is 24.4 Å². The number of thiazole rings is 1. The van der Waals surface area contributed by atoms with Crippen LogP contribution >= 0.6 is 11.3 Å². The monoisotopic (exact) mass is 393 g/mol. The Morgan fingerprint density at radius 3 is 2.39 bits per heavy atom. The summed E-state index contributed by atoms with van der Waals surface area (Å²) in [5, 5.41) is 12.2. The number of aryl methyl sites for hydroxylation is 1. The lowest BCUT2D eigenvalue weighted by molar-refractivity contribution is -0.122. The lowest BCUT2D eigenvalue weighted by Gasteiger charge is -2.13. The Balaban J connectivity index is 1.67. The maximum Gasteiger partial charge on any atom is 0.266 e. The molecule has 2 aromatic carbocycles. The van der Waals surface area contributed by atoms with Crippen LogP contribution in [0, 0.1) is 18.3 Å². The first-order valence-corrected chi connectivity index (χ1v) is 9.41. The molecule has 7 heteroatoms. The van der Waals surface area contributed by atoms with Crippen molar-refractivity contribution >= 4 is 22.4 Å². The fourth-order valence-electron chi connectivity index (χ4n) is 2.54. The van der Waals surface area contributed by atoms with Gasteiger partial charge in [0.25, 0.3) is 5.91 Å². The summed E-state index contributed by atoms with van der Waals surface area (Å²) in [6, 6.07) is 16.3. The van der Waals surface area contributed by atoms with E-state index in [1.165, 1.54) is 11.3 Å². The van der Waals surface area contributed by atoms with Crippen LogP contribution in [0.1, 0.15) is 17.4 Å². The van der Waals surface area contributed by atoms with Crippen LogP contribution in [0.4, 0.5) is 5.13 Å². The Morgan fingerprint density at radius 1 is 1.14 bits per heavy atom. The molecule has 0 bridgehead atoms. The van der Waals surface area contributed by atoms with Crippen LogP contribution in [0.25, 0.3) is 11.3 Å². The quantitative estimate of drug-likeness (QED) is 0.671. The summed E-state index contributed by atoms with van der Waals surface area (Å²) in [7, 11) is 1.62. The first-order chi connectivity index (χ1) is 13.5. The fraction of sp³-hybridized carbons (Fsp3) is 0.190. The zero-order valence-corrected chi connectivity index (χ0v) is 16.5. The second-order valence-electron chi connectivity index (χ2n) is 6.04. The number of aromatic nitrogens is 1. The van der Waals surface area contributed by atoms with Crippen LogP contribution in [-0.4, -0.2) is 24.1 Å². The van der Waals surface area contributed by atoms with Crippen molar-refractivity contribution in [3.63, 3.8) is 0 Å². The zero-order chi connectivity index (χ0) is 20.1. The Labute approximate surface area is 167 Å². The van der Waals surface area contributed by atoms with Crippen molar-refractivity contribution < 1.29 is 14.3 Å². The molecule has 0 aliphatic heterocycles. The van der Waals surface area contributed by atoms with Crippen molar-refractivity contribution in [1.82, 2.24) is 4.98 Å². The number of rotatable bonds is 6. The van der Waals surface area contributed by atoms with Crippen molar-refractivity contribution in [2.45, 2.75) is 20.0 Å². The molecule has 142 valence electrons. The van der Waals surface area contributed by atoms with Gasteiger partial charge < -0.3 is 9.47 Å². The predicted molar refractivity (Wildman–Crippen MR) is 109 cm³/mol. The normalized spacial score (nSPS) is 11.4. The molecule has 1 unspecified atom stereocenters. The molecule has 0 saturated heterocycles. The van der Waals surface area contributed by atoms with Crippen LogP contribution in [0.2, 0.25) is 0 Å². The number of amides is 1. The largest absolute Gasteiger partial charge is 0.497 e. The molecule has 0 aliphatic rings. The van der Waals surface area contributed by atoms with Gasteiger partial charge in [-0.15, -0.1) is 11.3 Å². The zero-order valence-electron chi connectivity index (χ0n) is 15.7. The van der Waals surface area contributed by atoms with Crippen molar-refractivity contribution in [1.29, 1.82) is 5.26 Å². The number of carbonyl (C=O) groups excluding carboxylic acids is 1. The van der Waals surface area contributed by atoms with Crippen LogP contribution in [0.5, 0.6) is 11.5 Å². The highest BCUT2D eigenvalue weighted by Gasteiger charge is 2.18. The van der Waals surface area contributed by atoms with Gasteiger partial charge in [-0.1, -0.05) is 0 Å². The van der Waals surface area contributed by atoms with E-state index >= 15 is 0 Å². The number of ether oxygens (including phenoxy) is 2. The fourth-order valence-corrected chi connectivity index (χ4v) is 3.38. The molecule has 3 aromatic rings. The van der Waals surface area contributed by atoms with Gasteiger partial charge in [-0.2, -0.15) is 5.26 Å². The summed E-state index contributed by atoms with van der Waals surface area (Å²) < 4.78 is 10.8. The van der Waals surface area contributed by atoms with E-state index in [-0.39, 0.29) is 5.91 Å². The topological polar surface area (TPSA) is 84.2 Å². The Bertz CT molecular complexity index is 1000. The van der Waals surface area contributed by atoms with Gasteiger partial charge in [0.1, 0.15) is 11.5 Å². The third kappa shape index (κ3) is 4.48. The van der Waals surface area contributed by atoms with Gasteiger partial charge in [0.15, 0.2) is 11.2 Å². The molecule has 1 N–H and O–H groups in total. The summed E-state index contributed by atoms with van der Waals surface area (Å²) in [6.07, 6.45) is -0.707. The van der Waals surface area contributed by atoms with E-state index < -0.39 is 6.10 Å². The van der Waals surface area contributed by atoms with Crippen LogP contribution in [0.3, 0.4) is 0 Å². The Kier molecular flexibility index (Phi) is 5.92. The smallest absolute Gasteiger partial charge is 0.266 e. The van der Waals surface area contributed by atoms with Gasteiger partial charge in [0, 0.05) is 10.4 Å². The molecule has 0 radical (unpaired) electrons. The minimum atomic E-state index is -0.707. The number of benzene rings is 2. The van der Waals surface area contributed by atoms with Gasteiger partial charge in [-0.05, 0) is 62.4 Å². The van der Waals surface area contributed by atoms with E-state index in [4.69, 9.17) is 14.7 Å². The van der Waals surface area contributed by atoms with E-state index in [2.05, 4.69) is 10.3 Å². The van der Waals surface area contributed by atoms with Gasteiger partial charge in [-0.25, -0.2) is 4.98 Å². The van der Waals surface area contributed by atoms with Crippen molar-refractivity contribution in [3.05, 3.63) is 59.0 Å². The van der Waals surface area contributed by atoms with E-state index in [0.29, 0.717) is 16.4 Å². The Morgan fingerprint density at radius 2 is 1.79 bits per heavy atom. The molecule has 1 atom stereocenters. The van der Waals surface area contributed by atoms with Crippen molar-refractivity contribution in [2.75, 3.05) is 12.4 Å². The first-order valence-electron chi connectivity index (χ1n) is 8.59. The number of anilines is 1. The molecule has 28 heavy (non-hydrogen) atoms. The molecule has 6 nitrogen and oxygen atoms in total. The highest BCUT2D eigenvalue weighted by Crippen LogP contribution is 2.31. The number of nitrogens with zero attached hydrogens (tertiary/aromatic N) is 2. The molecule has 3 rings (SSSR count). The number of carbonyl (C=O) groups is 1. The predicted octanol–water partition coefficient (Wildman–Crippen LogP) is 4.40. The first kappa shape index (κ1) is 19.4. The molecule has 0 spiro atoms. The van der Waals surface area contributed by atoms with E-state index in [9.17, 15) is 4.79 Å². The molecule has 1 amide bonds. The maximum atomic E-state index is 12.4. The maximum absolute atomic E-state index is 12.4. The molecule has 1 aromatic heterocycles. The lowest BCUT2D eigenvalue weighted by atomic mass is 10.1. The minimum Gasteiger partial charge on any atom is -0.497 e. The third-order valence-corrected chi connectivity index (χ3v) is 4.94. The summed E-state index contributed by atoms with van der Waals surface area (Å²) in [5.74, 6) is 1.01. The number of nitrogens with one attached hydrogen (secondary N) is 1. The van der Waals surface area contributed by atoms with E-state index in [0.717, 1.165) is 21.9 Å². The van der Waals surface area contributed by atoms with Crippen molar-refractivity contribution in [3.8, 4) is 28.8 Å². The van der Waals surface area contributed by atoms with Crippen LogP contribution in [0.15, 0.2) is 48.5 Å². The third-order valence-electron chi connectivity index (χ3n) is 4.06. The molecule has 1 heterocycles. The summed E-state index contributed by atoms with van der Waals surface area (Å²) in [4.78, 5) is 18.0. The average molecular weight is 393 g/mol. The summed E-state index contributed by atoms with van der Waals surface area (Å²) in [5.41, 5.74) is 2.31. The Hall–Kier alpha value is -3.37. The molecule has 0 aliphatic carbocycles. The van der Waals surface area contributed by atoms with Gasteiger partial charge in [0.2, 0.25) is 0 Å². The highest BCUT2D eigenvalue weighted by molar-refractivity contribution is 7.16. The van der Waals surface area contributed by atoms with Crippen molar-refractivity contribution in [2.24, 2.45) is 0 Å². The average Bonchev–Trinajstić information content (AvgIpc) is 3.08. The SMILES string of the molecule is COc1ccc(-c2nc(NC(=O)C(C)Oc3ccc(C#N)cc3)sc2C)cc1. The highest BCUT2D eigenvalue weighted by atomic mass is 32.1. The second-order valence-corrected chi connectivity index (χ2v) is 7.24.